The molecule has 0 saturated carbocycles. The maximum atomic E-state index is 12.1. The van der Waals surface area contributed by atoms with E-state index < -0.39 is 11.9 Å². The minimum Gasteiger partial charge on any atom is -0.494 e. The van der Waals surface area contributed by atoms with Crippen molar-refractivity contribution in [2.24, 2.45) is 0 Å². The second-order valence-electron chi connectivity index (χ2n) is 4.00. The second kappa shape index (κ2) is 7.11. The smallest absolute Gasteiger partial charge is 0.368 e. The fourth-order valence-electron chi connectivity index (χ4n) is 1.62. The third-order valence-corrected chi connectivity index (χ3v) is 3.24. The number of hydroxylamine groups is 1. The number of benzene rings is 1. The van der Waals surface area contributed by atoms with E-state index in [2.05, 4.69) is 4.98 Å². The number of nitrogens with zero attached hydrogens (tertiary/aromatic N) is 1. The van der Waals surface area contributed by atoms with Gasteiger partial charge in [-0.15, -0.1) is 0 Å². The molecule has 1 amide bonds. The Balaban J connectivity index is 2.14. The minimum absolute atomic E-state index is 0.0646. The van der Waals surface area contributed by atoms with Crippen LogP contribution < -0.4 is 10.2 Å². The van der Waals surface area contributed by atoms with Gasteiger partial charge in [0.15, 0.2) is 5.75 Å². The first-order valence-corrected chi connectivity index (χ1v) is 6.73. The number of halogens is 2. The summed E-state index contributed by atoms with van der Waals surface area (Å²) >= 11 is 11.9. The highest BCUT2D eigenvalue weighted by atomic mass is 35.5. The highest BCUT2D eigenvalue weighted by molar-refractivity contribution is 6.37. The number of rotatable bonds is 3. The number of hydrogen-bond acceptors (Lipinski definition) is 5. The van der Waals surface area contributed by atoms with Crippen LogP contribution in [-0.2, 0) is 4.84 Å². The summed E-state index contributed by atoms with van der Waals surface area (Å²) in [5.41, 5.74) is 2.16. The molecule has 22 heavy (non-hydrogen) atoms. The number of nitrogens with one attached hydrogen (secondary N) is 1. The predicted molar refractivity (Wildman–Crippen MR) is 80.1 cm³/mol. The van der Waals surface area contributed by atoms with E-state index in [4.69, 9.17) is 32.8 Å². The standard InChI is InChI=1S/C14H10Cl2N2O4/c1-21-12-10(16)5-4-9(15)11(12)14(20)22-18-13(19)8-3-2-6-17-7-8/h2-7H,1H3,(H,18,19). The van der Waals surface area contributed by atoms with Crippen molar-refractivity contribution in [3.63, 3.8) is 0 Å². The van der Waals surface area contributed by atoms with Gasteiger partial charge in [0.25, 0.3) is 5.91 Å². The fraction of sp³-hybridized carbons (Fsp3) is 0.0714. The molecule has 1 aromatic heterocycles. The van der Waals surface area contributed by atoms with Crippen LogP contribution in [0.3, 0.4) is 0 Å². The first-order valence-electron chi connectivity index (χ1n) is 5.98. The van der Waals surface area contributed by atoms with Gasteiger partial charge in [-0.3, -0.25) is 9.78 Å². The summed E-state index contributed by atoms with van der Waals surface area (Å²) in [6.45, 7) is 0. The van der Waals surface area contributed by atoms with Crippen LogP contribution in [-0.4, -0.2) is 24.0 Å². The van der Waals surface area contributed by atoms with Crippen LogP contribution in [0.4, 0.5) is 0 Å². The lowest BCUT2D eigenvalue weighted by atomic mass is 10.2. The molecule has 114 valence electrons. The molecule has 1 N–H and O–H groups in total. The predicted octanol–water partition coefficient (Wildman–Crippen LogP) is 2.90. The SMILES string of the molecule is COc1c(Cl)ccc(Cl)c1C(=O)ONC(=O)c1cccnc1. The Hall–Kier alpha value is -2.31. The third kappa shape index (κ3) is 3.47. The summed E-state index contributed by atoms with van der Waals surface area (Å²) < 4.78 is 5.03. The van der Waals surface area contributed by atoms with Crippen LogP contribution >= 0.6 is 23.2 Å². The summed E-state index contributed by atoms with van der Waals surface area (Å²) in [4.78, 5) is 32.3. The van der Waals surface area contributed by atoms with Crippen molar-refractivity contribution >= 4 is 35.1 Å². The number of amides is 1. The summed E-state index contributed by atoms with van der Waals surface area (Å²) in [5, 5.41) is 0.277. The number of carbonyl (C=O) groups is 2. The Morgan fingerprint density at radius 3 is 2.55 bits per heavy atom. The molecule has 2 rings (SSSR count). The molecule has 0 aliphatic carbocycles. The zero-order valence-corrected chi connectivity index (χ0v) is 12.8. The van der Waals surface area contributed by atoms with E-state index in [0.717, 1.165) is 0 Å². The fourth-order valence-corrected chi connectivity index (χ4v) is 2.08. The number of carbonyl (C=O) groups excluding carboxylic acids is 2. The summed E-state index contributed by atoms with van der Waals surface area (Å²) in [6.07, 6.45) is 2.84. The average Bonchev–Trinajstić information content (AvgIpc) is 2.54. The molecule has 0 aliphatic rings. The topological polar surface area (TPSA) is 77.5 Å². The Bertz CT molecular complexity index is 707. The molecule has 0 aliphatic heterocycles. The molecule has 0 radical (unpaired) electrons. The van der Waals surface area contributed by atoms with Crippen molar-refractivity contribution in [3.8, 4) is 5.75 Å². The maximum absolute atomic E-state index is 12.1. The van der Waals surface area contributed by atoms with Gasteiger partial charge in [-0.1, -0.05) is 23.2 Å². The molecule has 0 fully saturated rings. The van der Waals surface area contributed by atoms with Crippen molar-refractivity contribution < 1.29 is 19.2 Å². The summed E-state index contributed by atoms with van der Waals surface area (Å²) in [6, 6.07) is 6.00. The van der Waals surface area contributed by atoms with E-state index in [1.807, 2.05) is 5.48 Å². The Morgan fingerprint density at radius 1 is 1.18 bits per heavy atom. The van der Waals surface area contributed by atoms with E-state index in [1.54, 1.807) is 6.07 Å². The maximum Gasteiger partial charge on any atom is 0.368 e. The van der Waals surface area contributed by atoms with E-state index in [9.17, 15) is 9.59 Å². The molecule has 8 heteroatoms. The van der Waals surface area contributed by atoms with E-state index in [-0.39, 0.29) is 26.9 Å². The zero-order valence-electron chi connectivity index (χ0n) is 11.3. The van der Waals surface area contributed by atoms with Crippen molar-refractivity contribution in [3.05, 3.63) is 57.8 Å². The van der Waals surface area contributed by atoms with Gasteiger partial charge in [-0.25, -0.2) is 4.79 Å². The molecule has 0 bridgehead atoms. The highest BCUT2D eigenvalue weighted by Gasteiger charge is 2.22. The normalized spacial score (nSPS) is 9.95. The van der Waals surface area contributed by atoms with Crippen molar-refractivity contribution in [2.45, 2.75) is 0 Å². The monoisotopic (exact) mass is 340 g/mol. The van der Waals surface area contributed by atoms with Gasteiger partial charge in [-0.05, 0) is 24.3 Å². The zero-order chi connectivity index (χ0) is 16.1. The van der Waals surface area contributed by atoms with Gasteiger partial charge in [-0.2, -0.15) is 5.48 Å². The molecular weight excluding hydrogens is 331 g/mol. The largest absolute Gasteiger partial charge is 0.494 e. The molecule has 0 saturated heterocycles. The number of pyridine rings is 1. The molecule has 6 nitrogen and oxygen atoms in total. The highest BCUT2D eigenvalue weighted by Crippen LogP contribution is 2.34. The van der Waals surface area contributed by atoms with Crippen LogP contribution in [0.15, 0.2) is 36.7 Å². The lowest BCUT2D eigenvalue weighted by Gasteiger charge is -2.11. The van der Waals surface area contributed by atoms with Crippen molar-refractivity contribution in [1.82, 2.24) is 10.5 Å². The lowest BCUT2D eigenvalue weighted by Crippen LogP contribution is -2.27. The molecule has 0 unspecified atom stereocenters. The number of hydrogen-bond donors (Lipinski definition) is 1. The number of aromatic nitrogens is 1. The first kappa shape index (κ1) is 16.1. The van der Waals surface area contributed by atoms with Crippen LogP contribution in [0.2, 0.25) is 10.0 Å². The molecule has 1 aromatic carbocycles. The molecule has 2 aromatic rings. The van der Waals surface area contributed by atoms with E-state index in [0.29, 0.717) is 0 Å². The summed E-state index contributed by atoms with van der Waals surface area (Å²) in [5.74, 6) is -1.46. The molecule has 1 heterocycles. The van der Waals surface area contributed by atoms with E-state index >= 15 is 0 Å². The second-order valence-corrected chi connectivity index (χ2v) is 4.81. The van der Waals surface area contributed by atoms with Gasteiger partial charge in [0.2, 0.25) is 0 Å². The quantitative estimate of drug-likeness (QED) is 0.869. The lowest BCUT2D eigenvalue weighted by molar-refractivity contribution is 0.0227. The van der Waals surface area contributed by atoms with Gasteiger partial charge in [0, 0.05) is 12.4 Å². The van der Waals surface area contributed by atoms with Gasteiger partial charge >= 0.3 is 5.97 Å². The molecule has 0 atom stereocenters. The molecule has 0 spiro atoms. The van der Waals surface area contributed by atoms with Crippen LogP contribution in [0, 0.1) is 0 Å². The van der Waals surface area contributed by atoms with E-state index in [1.165, 1.54) is 37.7 Å². The van der Waals surface area contributed by atoms with Gasteiger partial charge in [0.1, 0.15) is 5.56 Å². The number of methoxy groups -OCH3 is 1. The Kier molecular flexibility index (Phi) is 5.19. The third-order valence-electron chi connectivity index (χ3n) is 2.63. The first-order chi connectivity index (χ1) is 10.5. The molecular formula is C14H10Cl2N2O4. The van der Waals surface area contributed by atoms with Gasteiger partial charge < -0.3 is 9.57 Å². The summed E-state index contributed by atoms with van der Waals surface area (Å²) in [7, 11) is 1.34. The van der Waals surface area contributed by atoms with Crippen molar-refractivity contribution in [2.75, 3.05) is 7.11 Å². The van der Waals surface area contributed by atoms with Crippen LogP contribution in [0.1, 0.15) is 20.7 Å². The minimum atomic E-state index is -0.901. The van der Waals surface area contributed by atoms with Crippen LogP contribution in [0.25, 0.3) is 0 Å². The number of ether oxygens (including phenoxy) is 1. The van der Waals surface area contributed by atoms with Crippen LogP contribution in [0.5, 0.6) is 5.75 Å². The van der Waals surface area contributed by atoms with Gasteiger partial charge in [0.05, 0.1) is 22.7 Å². The Morgan fingerprint density at radius 2 is 1.91 bits per heavy atom. The van der Waals surface area contributed by atoms with Crippen molar-refractivity contribution in [1.29, 1.82) is 0 Å². The average molecular weight is 341 g/mol. The Labute approximate surface area is 135 Å².